The van der Waals surface area contributed by atoms with Crippen LogP contribution in [0.4, 0.5) is 0 Å². The Kier molecular flexibility index (Phi) is 5.63. The fourth-order valence-electron chi connectivity index (χ4n) is 4.15. The van der Waals surface area contributed by atoms with E-state index in [1.54, 1.807) is 36.4 Å². The van der Waals surface area contributed by atoms with Gasteiger partial charge in [0.05, 0.1) is 22.1 Å². The molecule has 1 aliphatic heterocycles. The SMILES string of the molecule is CN1C(C(=O)c2ccc(C#N)cc2)=C(OC(=O)c2cccc3ccccc23)c2ccccc2S1(=O)=O. The lowest BCUT2D eigenvalue weighted by molar-refractivity contribution is 0.0688. The van der Waals surface area contributed by atoms with Gasteiger partial charge in [-0.1, -0.05) is 48.5 Å². The van der Waals surface area contributed by atoms with Crippen molar-refractivity contribution in [2.75, 3.05) is 7.05 Å². The summed E-state index contributed by atoms with van der Waals surface area (Å²) in [5, 5.41) is 10.6. The van der Waals surface area contributed by atoms with Gasteiger partial charge in [0.2, 0.25) is 5.78 Å². The van der Waals surface area contributed by atoms with Gasteiger partial charge in [-0.15, -0.1) is 0 Å². The molecule has 8 heteroatoms. The molecule has 0 aromatic heterocycles. The third-order valence-electron chi connectivity index (χ3n) is 6.00. The van der Waals surface area contributed by atoms with Crippen molar-refractivity contribution in [2.24, 2.45) is 0 Å². The molecule has 0 atom stereocenters. The molecule has 0 bridgehead atoms. The first-order valence-electron chi connectivity index (χ1n) is 10.9. The fourth-order valence-corrected chi connectivity index (χ4v) is 5.54. The molecule has 0 amide bonds. The smallest absolute Gasteiger partial charge is 0.344 e. The van der Waals surface area contributed by atoms with Crippen molar-refractivity contribution in [1.29, 1.82) is 5.26 Å². The molecule has 4 aromatic carbocycles. The second-order valence-electron chi connectivity index (χ2n) is 8.08. The zero-order valence-electron chi connectivity index (χ0n) is 19.0. The molecule has 0 saturated heterocycles. The number of Topliss-reactive ketones (excluding diaryl/α,β-unsaturated/α-hetero) is 1. The molecule has 176 valence electrons. The first kappa shape index (κ1) is 23.0. The van der Waals surface area contributed by atoms with Crippen LogP contribution in [-0.2, 0) is 14.8 Å². The second kappa shape index (κ2) is 8.80. The number of carbonyl (C=O) groups excluding carboxylic acids is 2. The van der Waals surface area contributed by atoms with Crippen LogP contribution in [0.25, 0.3) is 16.5 Å². The molecule has 1 aliphatic rings. The molecule has 0 unspecified atom stereocenters. The highest BCUT2D eigenvalue weighted by Crippen LogP contribution is 2.38. The second-order valence-corrected chi connectivity index (χ2v) is 10.0. The van der Waals surface area contributed by atoms with Crippen LogP contribution >= 0.6 is 0 Å². The van der Waals surface area contributed by atoms with E-state index in [1.807, 2.05) is 24.3 Å². The summed E-state index contributed by atoms with van der Waals surface area (Å²) in [5.41, 5.74) is 0.578. The average Bonchev–Trinajstić information content (AvgIpc) is 2.91. The normalized spacial score (nSPS) is 14.2. The highest BCUT2D eigenvalue weighted by Gasteiger charge is 2.40. The number of rotatable bonds is 4. The summed E-state index contributed by atoms with van der Waals surface area (Å²) >= 11 is 0. The van der Waals surface area contributed by atoms with E-state index in [0.29, 0.717) is 10.9 Å². The molecule has 0 spiro atoms. The number of fused-ring (bicyclic) bond motifs is 2. The third-order valence-corrected chi connectivity index (χ3v) is 7.81. The number of likely N-dealkylation sites (N-methyl/N-ethyl adjacent to an activating group) is 1. The lowest BCUT2D eigenvalue weighted by Gasteiger charge is -2.30. The first-order valence-corrected chi connectivity index (χ1v) is 12.3. The number of hydrogen-bond donors (Lipinski definition) is 0. The maximum Gasteiger partial charge on any atom is 0.344 e. The molecule has 36 heavy (non-hydrogen) atoms. The number of allylic oxidation sites excluding steroid dienone is 1. The van der Waals surface area contributed by atoms with Crippen molar-refractivity contribution in [3.8, 4) is 6.07 Å². The van der Waals surface area contributed by atoms with E-state index in [4.69, 9.17) is 10.00 Å². The summed E-state index contributed by atoms with van der Waals surface area (Å²) in [6.45, 7) is 0. The largest absolute Gasteiger partial charge is 0.420 e. The summed E-state index contributed by atoms with van der Waals surface area (Å²) in [7, 11) is -2.85. The van der Waals surface area contributed by atoms with Gasteiger partial charge in [0.1, 0.15) is 5.70 Å². The maximum atomic E-state index is 13.6. The molecule has 7 nitrogen and oxygen atoms in total. The van der Waals surface area contributed by atoms with E-state index in [-0.39, 0.29) is 33.0 Å². The topological polar surface area (TPSA) is 105 Å². The molecule has 1 heterocycles. The van der Waals surface area contributed by atoms with E-state index >= 15 is 0 Å². The van der Waals surface area contributed by atoms with E-state index in [9.17, 15) is 18.0 Å². The van der Waals surface area contributed by atoms with Gasteiger partial charge in [-0.3, -0.25) is 9.10 Å². The van der Waals surface area contributed by atoms with Crippen LogP contribution in [0, 0.1) is 11.3 Å². The van der Waals surface area contributed by atoms with Crippen LogP contribution in [0.15, 0.2) is 102 Å². The zero-order chi connectivity index (χ0) is 25.4. The minimum absolute atomic E-state index is 0.0791. The summed E-state index contributed by atoms with van der Waals surface area (Å²) < 4.78 is 33.2. The van der Waals surface area contributed by atoms with Crippen molar-refractivity contribution < 1.29 is 22.7 Å². The van der Waals surface area contributed by atoms with Gasteiger partial charge in [0, 0.05) is 18.2 Å². The van der Waals surface area contributed by atoms with Gasteiger partial charge in [-0.2, -0.15) is 5.26 Å². The Balaban J connectivity index is 1.70. The number of ether oxygens (including phenoxy) is 1. The Bertz CT molecular complexity index is 1730. The predicted molar refractivity (Wildman–Crippen MR) is 133 cm³/mol. The Hall–Kier alpha value is -4.74. The number of nitriles is 1. The molecular weight excluding hydrogens is 476 g/mol. The zero-order valence-corrected chi connectivity index (χ0v) is 19.8. The van der Waals surface area contributed by atoms with Crippen LogP contribution in [-0.4, -0.2) is 31.5 Å². The third kappa shape index (κ3) is 3.72. The molecule has 0 fully saturated rings. The summed E-state index contributed by atoms with van der Waals surface area (Å²) in [4.78, 5) is 27.0. The number of benzene rings is 4. The maximum absolute atomic E-state index is 13.6. The quantitative estimate of drug-likeness (QED) is 0.299. The molecule has 4 aromatic rings. The number of carbonyl (C=O) groups is 2. The molecule has 0 radical (unpaired) electrons. The van der Waals surface area contributed by atoms with Gasteiger partial charge in [-0.25, -0.2) is 13.2 Å². The number of esters is 1. The van der Waals surface area contributed by atoms with Crippen LogP contribution < -0.4 is 0 Å². The van der Waals surface area contributed by atoms with E-state index in [2.05, 4.69) is 0 Å². The number of nitrogens with zero attached hydrogens (tertiary/aromatic N) is 2. The summed E-state index contributed by atoms with van der Waals surface area (Å²) in [6.07, 6.45) is 0. The summed E-state index contributed by atoms with van der Waals surface area (Å²) in [5.74, 6) is -1.55. The van der Waals surface area contributed by atoms with E-state index < -0.39 is 21.8 Å². The monoisotopic (exact) mass is 494 g/mol. The van der Waals surface area contributed by atoms with Crippen LogP contribution in [0.3, 0.4) is 0 Å². The fraction of sp³-hybridized carbons (Fsp3) is 0.0357. The Morgan fingerprint density at radius 2 is 1.53 bits per heavy atom. The molecule has 0 N–H and O–H groups in total. The molecule has 5 rings (SSSR count). The van der Waals surface area contributed by atoms with Crippen molar-refractivity contribution in [2.45, 2.75) is 4.90 Å². The standard InChI is InChI=1S/C28H18N2O5S/c1-30-25(26(31)20-15-13-18(17-29)14-16-20)27(23-10-4-5-12-24(23)36(30,33)34)35-28(32)22-11-6-8-19-7-2-3-9-21(19)22/h2-16H,1H3. The number of ketones is 1. The van der Waals surface area contributed by atoms with Crippen molar-refractivity contribution in [3.63, 3.8) is 0 Å². The van der Waals surface area contributed by atoms with Crippen LogP contribution in [0.5, 0.6) is 0 Å². The van der Waals surface area contributed by atoms with Crippen molar-refractivity contribution in [1.82, 2.24) is 4.31 Å². The van der Waals surface area contributed by atoms with Gasteiger partial charge >= 0.3 is 5.97 Å². The van der Waals surface area contributed by atoms with Crippen LogP contribution in [0.1, 0.15) is 31.8 Å². The number of hydrogen-bond acceptors (Lipinski definition) is 6. The molecular formula is C28H18N2O5S. The molecule has 0 aliphatic carbocycles. The number of sulfonamides is 1. The van der Waals surface area contributed by atoms with Gasteiger partial charge in [0.25, 0.3) is 10.0 Å². The Morgan fingerprint density at radius 3 is 2.28 bits per heavy atom. The van der Waals surface area contributed by atoms with Gasteiger partial charge < -0.3 is 4.74 Å². The van der Waals surface area contributed by atoms with E-state index in [0.717, 1.165) is 9.69 Å². The first-order chi connectivity index (χ1) is 17.3. The lowest BCUT2D eigenvalue weighted by Crippen LogP contribution is -2.36. The van der Waals surface area contributed by atoms with Gasteiger partial charge in [0.15, 0.2) is 5.76 Å². The summed E-state index contributed by atoms with van der Waals surface area (Å²) in [6, 6.07) is 26.3. The minimum Gasteiger partial charge on any atom is -0.420 e. The van der Waals surface area contributed by atoms with Crippen LogP contribution in [0.2, 0.25) is 0 Å². The van der Waals surface area contributed by atoms with Crippen molar-refractivity contribution in [3.05, 3.63) is 119 Å². The Labute approximate surface area is 207 Å². The minimum atomic E-state index is -4.09. The predicted octanol–water partition coefficient (Wildman–Crippen LogP) is 4.75. The van der Waals surface area contributed by atoms with Gasteiger partial charge in [-0.05, 0) is 53.2 Å². The average molecular weight is 495 g/mol. The Morgan fingerprint density at radius 1 is 0.861 bits per heavy atom. The highest BCUT2D eigenvalue weighted by atomic mass is 32.2. The van der Waals surface area contributed by atoms with Crippen molar-refractivity contribution >= 4 is 38.3 Å². The lowest BCUT2D eigenvalue weighted by atomic mass is 10.0. The van der Waals surface area contributed by atoms with E-state index in [1.165, 1.54) is 43.4 Å². The molecule has 0 saturated carbocycles. The highest BCUT2D eigenvalue weighted by molar-refractivity contribution is 7.89.